The van der Waals surface area contributed by atoms with Crippen molar-refractivity contribution in [1.82, 2.24) is 20.5 Å². The van der Waals surface area contributed by atoms with Crippen molar-refractivity contribution in [1.29, 1.82) is 5.26 Å². The maximum atomic E-state index is 11.3. The first-order valence-electron chi connectivity index (χ1n) is 4.46. The van der Waals surface area contributed by atoms with E-state index in [1.807, 2.05) is 5.32 Å². The SMILES string of the molecule is N#CNC(=O)c1cc(-c2ccncc2)n[nH]1. The molecule has 78 valence electrons. The fraction of sp³-hybridized carbons (Fsp3) is 0. The number of H-pyrrole nitrogens is 1. The number of amides is 1. The van der Waals surface area contributed by atoms with Crippen molar-refractivity contribution in [3.05, 3.63) is 36.3 Å². The predicted octanol–water partition coefficient (Wildman–Crippen LogP) is 0.683. The summed E-state index contributed by atoms with van der Waals surface area (Å²) in [5.41, 5.74) is 1.72. The molecule has 0 saturated heterocycles. The summed E-state index contributed by atoms with van der Waals surface area (Å²) in [7, 11) is 0. The predicted molar refractivity (Wildman–Crippen MR) is 54.9 cm³/mol. The Morgan fingerprint density at radius 2 is 2.19 bits per heavy atom. The third kappa shape index (κ3) is 1.88. The molecule has 0 unspecified atom stereocenters. The fourth-order valence-electron chi connectivity index (χ4n) is 1.23. The van der Waals surface area contributed by atoms with Gasteiger partial charge in [-0.2, -0.15) is 10.4 Å². The number of hydrogen-bond acceptors (Lipinski definition) is 4. The first-order valence-corrected chi connectivity index (χ1v) is 4.46. The van der Waals surface area contributed by atoms with E-state index in [9.17, 15) is 4.79 Å². The number of hydrogen-bond donors (Lipinski definition) is 2. The second-order valence-electron chi connectivity index (χ2n) is 2.97. The van der Waals surface area contributed by atoms with Crippen molar-refractivity contribution in [2.75, 3.05) is 0 Å². The number of carbonyl (C=O) groups is 1. The van der Waals surface area contributed by atoms with E-state index in [1.165, 1.54) is 0 Å². The van der Waals surface area contributed by atoms with Crippen molar-refractivity contribution < 1.29 is 4.79 Å². The number of rotatable bonds is 2. The molecule has 6 nitrogen and oxygen atoms in total. The molecule has 0 aromatic carbocycles. The van der Waals surface area contributed by atoms with Gasteiger partial charge >= 0.3 is 0 Å². The molecule has 0 spiro atoms. The summed E-state index contributed by atoms with van der Waals surface area (Å²) in [4.78, 5) is 15.2. The summed E-state index contributed by atoms with van der Waals surface area (Å²) < 4.78 is 0. The standard InChI is InChI=1S/C10H7N5O/c11-6-13-10(16)9-5-8(14-15-9)7-1-3-12-4-2-7/h1-5H,(H,13,16)(H,14,15). The van der Waals surface area contributed by atoms with Crippen LogP contribution in [0.25, 0.3) is 11.3 Å². The van der Waals surface area contributed by atoms with Crippen LogP contribution in [0.4, 0.5) is 0 Å². The lowest BCUT2D eigenvalue weighted by Crippen LogP contribution is -2.17. The molecule has 2 N–H and O–H groups in total. The van der Waals surface area contributed by atoms with Crippen molar-refractivity contribution in [2.24, 2.45) is 0 Å². The van der Waals surface area contributed by atoms with Gasteiger partial charge in [0.2, 0.25) is 0 Å². The molecule has 2 heterocycles. The maximum Gasteiger partial charge on any atom is 0.282 e. The number of aromatic amines is 1. The van der Waals surface area contributed by atoms with E-state index in [1.54, 1.807) is 36.8 Å². The summed E-state index contributed by atoms with van der Waals surface area (Å²) in [6.45, 7) is 0. The lowest BCUT2D eigenvalue weighted by molar-refractivity contribution is 0.0968. The number of nitriles is 1. The number of aromatic nitrogens is 3. The zero-order valence-electron chi connectivity index (χ0n) is 8.14. The molecule has 1 amide bonds. The Hall–Kier alpha value is -2.68. The largest absolute Gasteiger partial charge is 0.282 e. The minimum absolute atomic E-state index is 0.244. The summed E-state index contributed by atoms with van der Waals surface area (Å²) in [5, 5.41) is 16.8. The topological polar surface area (TPSA) is 94.5 Å². The van der Waals surface area contributed by atoms with Gasteiger partial charge in [-0.25, -0.2) is 0 Å². The van der Waals surface area contributed by atoms with E-state index in [2.05, 4.69) is 15.2 Å². The Morgan fingerprint density at radius 3 is 2.88 bits per heavy atom. The zero-order chi connectivity index (χ0) is 11.4. The molecule has 2 aromatic heterocycles. The van der Waals surface area contributed by atoms with Crippen LogP contribution in [0.3, 0.4) is 0 Å². The highest BCUT2D eigenvalue weighted by molar-refractivity contribution is 5.94. The molecular formula is C10H7N5O. The maximum absolute atomic E-state index is 11.3. The van der Waals surface area contributed by atoms with Crippen LogP contribution >= 0.6 is 0 Å². The average molecular weight is 213 g/mol. The van der Waals surface area contributed by atoms with E-state index in [0.29, 0.717) is 5.69 Å². The first-order chi connectivity index (χ1) is 7.81. The monoisotopic (exact) mass is 213 g/mol. The zero-order valence-corrected chi connectivity index (χ0v) is 8.14. The molecule has 0 fully saturated rings. The first kappa shape index (κ1) is 9.86. The molecule has 0 saturated carbocycles. The number of carbonyl (C=O) groups excluding carboxylic acids is 1. The molecule has 0 bridgehead atoms. The third-order valence-corrected chi connectivity index (χ3v) is 1.97. The van der Waals surface area contributed by atoms with Crippen LogP contribution in [0.15, 0.2) is 30.6 Å². The van der Waals surface area contributed by atoms with Gasteiger partial charge in [0.25, 0.3) is 5.91 Å². The van der Waals surface area contributed by atoms with E-state index in [-0.39, 0.29) is 5.69 Å². The van der Waals surface area contributed by atoms with Gasteiger partial charge in [-0.05, 0) is 18.2 Å². The molecule has 0 aliphatic heterocycles. The average Bonchev–Trinajstić information content (AvgIpc) is 2.80. The van der Waals surface area contributed by atoms with Gasteiger partial charge in [-0.1, -0.05) is 0 Å². The number of nitrogens with zero attached hydrogens (tertiary/aromatic N) is 3. The molecule has 2 aromatic rings. The van der Waals surface area contributed by atoms with E-state index >= 15 is 0 Å². The van der Waals surface area contributed by atoms with Crippen LogP contribution in [-0.2, 0) is 0 Å². The van der Waals surface area contributed by atoms with Crippen molar-refractivity contribution in [3.8, 4) is 17.5 Å². The Balaban J connectivity index is 2.27. The second-order valence-corrected chi connectivity index (χ2v) is 2.97. The quantitative estimate of drug-likeness (QED) is 0.566. The van der Waals surface area contributed by atoms with Gasteiger partial charge in [0, 0.05) is 18.0 Å². The smallest absolute Gasteiger partial charge is 0.272 e. The molecular weight excluding hydrogens is 206 g/mol. The van der Waals surface area contributed by atoms with Crippen molar-refractivity contribution >= 4 is 5.91 Å². The molecule has 0 aliphatic rings. The molecule has 16 heavy (non-hydrogen) atoms. The van der Waals surface area contributed by atoms with Gasteiger partial charge in [0.1, 0.15) is 5.69 Å². The summed E-state index contributed by atoms with van der Waals surface area (Å²) >= 11 is 0. The summed E-state index contributed by atoms with van der Waals surface area (Å²) in [5.74, 6) is -0.504. The lowest BCUT2D eigenvalue weighted by atomic mass is 10.2. The molecule has 0 atom stereocenters. The van der Waals surface area contributed by atoms with E-state index in [0.717, 1.165) is 5.56 Å². The van der Waals surface area contributed by atoms with E-state index in [4.69, 9.17) is 5.26 Å². The van der Waals surface area contributed by atoms with Gasteiger partial charge in [0.15, 0.2) is 6.19 Å². The van der Waals surface area contributed by atoms with Crippen LogP contribution in [0.2, 0.25) is 0 Å². The fourth-order valence-corrected chi connectivity index (χ4v) is 1.23. The van der Waals surface area contributed by atoms with Crippen LogP contribution in [0.1, 0.15) is 10.5 Å². The Bertz CT molecular complexity index is 540. The van der Waals surface area contributed by atoms with E-state index < -0.39 is 5.91 Å². The summed E-state index contributed by atoms with van der Waals surface area (Å²) in [6, 6.07) is 5.13. The minimum Gasteiger partial charge on any atom is -0.272 e. The van der Waals surface area contributed by atoms with Gasteiger partial charge in [0.05, 0.1) is 5.69 Å². The lowest BCUT2D eigenvalue weighted by Gasteiger charge is -1.92. The highest BCUT2D eigenvalue weighted by Crippen LogP contribution is 2.15. The Kier molecular flexibility index (Phi) is 2.61. The Morgan fingerprint density at radius 1 is 1.44 bits per heavy atom. The van der Waals surface area contributed by atoms with Crippen molar-refractivity contribution in [3.63, 3.8) is 0 Å². The molecule has 2 rings (SSSR count). The highest BCUT2D eigenvalue weighted by Gasteiger charge is 2.09. The minimum atomic E-state index is -0.504. The summed E-state index contributed by atoms with van der Waals surface area (Å²) in [6.07, 6.45) is 4.83. The van der Waals surface area contributed by atoms with Gasteiger partial charge in [-0.15, -0.1) is 0 Å². The van der Waals surface area contributed by atoms with Gasteiger partial charge in [-0.3, -0.25) is 20.2 Å². The second kappa shape index (κ2) is 4.23. The molecule has 0 aliphatic carbocycles. The third-order valence-electron chi connectivity index (χ3n) is 1.97. The van der Waals surface area contributed by atoms with Crippen molar-refractivity contribution in [2.45, 2.75) is 0 Å². The van der Waals surface area contributed by atoms with Crippen LogP contribution < -0.4 is 5.32 Å². The highest BCUT2D eigenvalue weighted by atomic mass is 16.1. The van der Waals surface area contributed by atoms with Gasteiger partial charge < -0.3 is 0 Å². The molecule has 6 heteroatoms. The van der Waals surface area contributed by atoms with Crippen LogP contribution in [0.5, 0.6) is 0 Å². The normalized spacial score (nSPS) is 9.44. The van der Waals surface area contributed by atoms with Crippen LogP contribution in [0, 0.1) is 11.5 Å². The molecule has 0 radical (unpaired) electrons. The van der Waals surface area contributed by atoms with Crippen LogP contribution in [-0.4, -0.2) is 21.1 Å². The number of nitrogens with one attached hydrogen (secondary N) is 2. The number of pyridine rings is 1. The Labute approximate surface area is 90.9 Å².